The van der Waals surface area contributed by atoms with E-state index in [0.29, 0.717) is 6.54 Å². The van der Waals surface area contributed by atoms with Crippen molar-refractivity contribution in [3.8, 4) is 0 Å². The lowest BCUT2D eigenvalue weighted by molar-refractivity contribution is 0.191. The quantitative estimate of drug-likeness (QED) is 0.846. The maximum absolute atomic E-state index is 12.3. The summed E-state index contributed by atoms with van der Waals surface area (Å²) in [6.07, 6.45) is 2.90. The van der Waals surface area contributed by atoms with Crippen molar-refractivity contribution in [1.82, 2.24) is 20.2 Å². The second kappa shape index (κ2) is 7.42. The van der Waals surface area contributed by atoms with Crippen LogP contribution in [-0.4, -0.2) is 47.6 Å². The van der Waals surface area contributed by atoms with Crippen molar-refractivity contribution in [3.05, 3.63) is 17.1 Å². The number of carbonyl (C=O) groups excluding carboxylic acids is 1. The molecule has 0 aromatic carbocycles. The highest BCUT2D eigenvalue weighted by Crippen LogP contribution is 2.26. The second-order valence-electron chi connectivity index (χ2n) is 5.79. The van der Waals surface area contributed by atoms with E-state index in [-0.39, 0.29) is 6.03 Å². The van der Waals surface area contributed by atoms with E-state index in [2.05, 4.69) is 34.0 Å². The van der Waals surface area contributed by atoms with E-state index in [1.807, 2.05) is 18.9 Å². The number of nitrogens with one attached hydrogen (secondary N) is 1. The summed E-state index contributed by atoms with van der Waals surface area (Å²) >= 11 is 0. The number of hydrogen-bond acceptors (Lipinski definition) is 4. The summed E-state index contributed by atoms with van der Waals surface area (Å²) in [5.74, 6) is 1.76. The van der Waals surface area contributed by atoms with Gasteiger partial charge < -0.3 is 15.1 Å². The zero-order chi connectivity index (χ0) is 16.1. The standard InChI is InChI=1S/C16H27N5O/c1-5-7-9-17-16(22)21-10-8-14-13(11-21)15(20(4)6-2)19-12(3)18-14/h5-11H2,1-4H3,(H,17,22). The topological polar surface area (TPSA) is 61.4 Å². The van der Waals surface area contributed by atoms with Gasteiger partial charge in [-0.25, -0.2) is 14.8 Å². The first-order chi connectivity index (χ1) is 10.6. The van der Waals surface area contributed by atoms with Gasteiger partial charge in [0.25, 0.3) is 0 Å². The number of carbonyl (C=O) groups is 1. The Bertz CT molecular complexity index is 532. The largest absolute Gasteiger partial charge is 0.360 e. The second-order valence-corrected chi connectivity index (χ2v) is 5.79. The Labute approximate surface area is 132 Å². The summed E-state index contributed by atoms with van der Waals surface area (Å²) in [4.78, 5) is 25.4. The molecule has 1 aromatic rings. The number of unbranched alkanes of at least 4 members (excludes halogenated alkanes) is 1. The molecular weight excluding hydrogens is 278 g/mol. The van der Waals surface area contributed by atoms with Crippen molar-refractivity contribution < 1.29 is 4.79 Å². The van der Waals surface area contributed by atoms with Crippen molar-refractivity contribution in [3.63, 3.8) is 0 Å². The van der Waals surface area contributed by atoms with Crippen LogP contribution in [0.2, 0.25) is 0 Å². The highest BCUT2D eigenvalue weighted by molar-refractivity contribution is 5.74. The number of aromatic nitrogens is 2. The molecule has 1 N–H and O–H groups in total. The van der Waals surface area contributed by atoms with Gasteiger partial charge >= 0.3 is 6.03 Å². The fraction of sp³-hybridized carbons (Fsp3) is 0.688. The number of anilines is 1. The smallest absolute Gasteiger partial charge is 0.317 e. The van der Waals surface area contributed by atoms with E-state index in [1.165, 1.54) is 0 Å². The maximum Gasteiger partial charge on any atom is 0.317 e. The third-order valence-electron chi connectivity index (χ3n) is 4.08. The first kappa shape index (κ1) is 16.5. The summed E-state index contributed by atoms with van der Waals surface area (Å²) in [7, 11) is 2.03. The highest BCUT2D eigenvalue weighted by Gasteiger charge is 2.25. The minimum absolute atomic E-state index is 0.0183. The molecule has 2 heterocycles. The third-order valence-corrected chi connectivity index (χ3v) is 4.08. The normalized spacial score (nSPS) is 13.7. The molecule has 0 spiro atoms. The molecule has 0 radical (unpaired) electrons. The molecule has 22 heavy (non-hydrogen) atoms. The van der Waals surface area contributed by atoms with E-state index in [9.17, 15) is 4.79 Å². The number of aryl methyl sites for hydroxylation is 1. The maximum atomic E-state index is 12.3. The number of hydrogen-bond donors (Lipinski definition) is 1. The molecular formula is C16H27N5O. The van der Waals surface area contributed by atoms with Crippen LogP contribution in [0.4, 0.5) is 10.6 Å². The van der Waals surface area contributed by atoms with Crippen LogP contribution < -0.4 is 10.2 Å². The average molecular weight is 305 g/mol. The summed E-state index contributed by atoms with van der Waals surface area (Å²) in [6, 6.07) is 0.0183. The zero-order valence-corrected chi connectivity index (χ0v) is 14.1. The van der Waals surface area contributed by atoms with Crippen molar-refractivity contribution in [1.29, 1.82) is 0 Å². The summed E-state index contributed by atoms with van der Waals surface area (Å²) in [5.41, 5.74) is 2.17. The van der Waals surface area contributed by atoms with Crippen LogP contribution >= 0.6 is 0 Å². The number of nitrogens with zero attached hydrogens (tertiary/aromatic N) is 4. The molecule has 2 rings (SSSR count). The Kier molecular flexibility index (Phi) is 5.57. The Morgan fingerprint density at radius 2 is 2.14 bits per heavy atom. The summed E-state index contributed by atoms with van der Waals surface area (Å²) in [5, 5.41) is 2.99. The summed E-state index contributed by atoms with van der Waals surface area (Å²) < 4.78 is 0. The fourth-order valence-corrected chi connectivity index (χ4v) is 2.64. The van der Waals surface area contributed by atoms with Gasteiger partial charge in [0.2, 0.25) is 0 Å². The van der Waals surface area contributed by atoms with Crippen LogP contribution in [0.3, 0.4) is 0 Å². The fourth-order valence-electron chi connectivity index (χ4n) is 2.64. The molecule has 6 heteroatoms. The van der Waals surface area contributed by atoms with Gasteiger partial charge in [0.1, 0.15) is 11.6 Å². The molecule has 1 aliphatic rings. The number of urea groups is 1. The highest BCUT2D eigenvalue weighted by atomic mass is 16.2. The number of amides is 2. The van der Waals surface area contributed by atoms with E-state index in [4.69, 9.17) is 0 Å². The van der Waals surface area contributed by atoms with Gasteiger partial charge in [0, 0.05) is 38.7 Å². The van der Waals surface area contributed by atoms with Gasteiger partial charge in [-0.15, -0.1) is 0 Å². The van der Waals surface area contributed by atoms with Crippen molar-refractivity contribution in [2.45, 2.75) is 46.6 Å². The molecule has 2 amide bonds. The molecule has 122 valence electrons. The van der Waals surface area contributed by atoms with Gasteiger partial charge in [-0.05, 0) is 20.3 Å². The van der Waals surface area contributed by atoms with Crippen molar-refractivity contribution in [2.24, 2.45) is 0 Å². The molecule has 0 unspecified atom stereocenters. The van der Waals surface area contributed by atoms with E-state index >= 15 is 0 Å². The average Bonchev–Trinajstić information content (AvgIpc) is 2.53. The lowest BCUT2D eigenvalue weighted by Crippen LogP contribution is -2.44. The van der Waals surface area contributed by atoms with Crippen molar-refractivity contribution >= 4 is 11.8 Å². The molecule has 0 atom stereocenters. The van der Waals surface area contributed by atoms with Crippen LogP contribution in [0.5, 0.6) is 0 Å². The van der Waals surface area contributed by atoms with Gasteiger partial charge in [-0.3, -0.25) is 0 Å². The van der Waals surface area contributed by atoms with Gasteiger partial charge in [-0.1, -0.05) is 13.3 Å². The molecule has 6 nitrogen and oxygen atoms in total. The van der Waals surface area contributed by atoms with E-state index in [1.54, 1.807) is 0 Å². The minimum Gasteiger partial charge on any atom is -0.360 e. The first-order valence-corrected chi connectivity index (χ1v) is 8.17. The number of fused-ring (bicyclic) bond motifs is 1. The predicted molar refractivity (Wildman–Crippen MR) is 88.1 cm³/mol. The van der Waals surface area contributed by atoms with Gasteiger partial charge in [-0.2, -0.15) is 0 Å². The molecule has 0 saturated heterocycles. The lowest BCUT2D eigenvalue weighted by atomic mass is 10.1. The molecule has 0 bridgehead atoms. The molecule has 1 aromatic heterocycles. The Morgan fingerprint density at radius 1 is 1.36 bits per heavy atom. The molecule has 0 saturated carbocycles. The molecule has 1 aliphatic heterocycles. The van der Waals surface area contributed by atoms with E-state index in [0.717, 1.165) is 61.8 Å². The summed E-state index contributed by atoms with van der Waals surface area (Å²) in [6.45, 7) is 9.08. The third kappa shape index (κ3) is 3.67. The minimum atomic E-state index is 0.0183. The van der Waals surface area contributed by atoms with Crippen LogP contribution in [0.25, 0.3) is 0 Å². The molecule has 0 aliphatic carbocycles. The van der Waals surface area contributed by atoms with Crippen LogP contribution in [-0.2, 0) is 13.0 Å². The zero-order valence-electron chi connectivity index (χ0n) is 14.1. The number of rotatable bonds is 5. The van der Waals surface area contributed by atoms with E-state index < -0.39 is 0 Å². The Hall–Kier alpha value is -1.85. The van der Waals surface area contributed by atoms with Gasteiger partial charge in [0.15, 0.2) is 0 Å². The van der Waals surface area contributed by atoms with Crippen LogP contribution in [0, 0.1) is 6.92 Å². The van der Waals surface area contributed by atoms with Crippen LogP contribution in [0.1, 0.15) is 43.8 Å². The SMILES string of the molecule is CCCCNC(=O)N1CCc2nc(C)nc(N(C)CC)c2C1. The van der Waals surface area contributed by atoms with Crippen molar-refractivity contribution in [2.75, 3.05) is 31.6 Å². The van der Waals surface area contributed by atoms with Gasteiger partial charge in [0.05, 0.1) is 12.2 Å². The lowest BCUT2D eigenvalue weighted by Gasteiger charge is -2.31. The Morgan fingerprint density at radius 3 is 2.82 bits per heavy atom. The Balaban J connectivity index is 2.16. The first-order valence-electron chi connectivity index (χ1n) is 8.17. The monoisotopic (exact) mass is 305 g/mol. The predicted octanol–water partition coefficient (Wildman–Crippen LogP) is 2.11. The molecule has 0 fully saturated rings. The van der Waals surface area contributed by atoms with Crippen LogP contribution in [0.15, 0.2) is 0 Å².